The molecule has 2 N–H and O–H groups in total. The molecule has 2 atom stereocenters. The molecule has 0 aliphatic carbocycles. The molecule has 2 heterocycles. The van der Waals surface area contributed by atoms with E-state index in [9.17, 15) is 9.59 Å². The van der Waals surface area contributed by atoms with Crippen LogP contribution in [0.25, 0.3) is 0 Å². The molecule has 1 aliphatic rings. The van der Waals surface area contributed by atoms with Gasteiger partial charge in [0.1, 0.15) is 11.0 Å². The monoisotopic (exact) mass is 386 g/mol. The molecular formula is C20H26N4O2S. The lowest BCUT2D eigenvalue weighted by Gasteiger charge is -2.43. The predicted octanol–water partition coefficient (Wildman–Crippen LogP) is 2.34. The normalized spacial score (nSPS) is 21.5. The van der Waals surface area contributed by atoms with Gasteiger partial charge < -0.3 is 10.6 Å². The second kappa shape index (κ2) is 8.63. The number of aromatic nitrogens is 1. The van der Waals surface area contributed by atoms with Gasteiger partial charge in [-0.3, -0.25) is 14.5 Å². The van der Waals surface area contributed by atoms with E-state index in [-0.39, 0.29) is 24.4 Å². The quantitative estimate of drug-likeness (QED) is 0.766. The van der Waals surface area contributed by atoms with Gasteiger partial charge in [-0.2, -0.15) is 0 Å². The average molecular weight is 387 g/mol. The van der Waals surface area contributed by atoms with Gasteiger partial charge in [-0.25, -0.2) is 4.98 Å². The van der Waals surface area contributed by atoms with Crippen LogP contribution in [0, 0.1) is 0 Å². The number of benzene rings is 1. The number of rotatable bonds is 7. The topological polar surface area (TPSA) is 74.3 Å². The van der Waals surface area contributed by atoms with Gasteiger partial charge in [-0.05, 0) is 18.9 Å². The van der Waals surface area contributed by atoms with Crippen LogP contribution < -0.4 is 10.6 Å². The minimum absolute atomic E-state index is 0.00272. The maximum absolute atomic E-state index is 12.9. The first kappa shape index (κ1) is 19.5. The molecule has 1 aromatic heterocycles. The lowest BCUT2D eigenvalue weighted by molar-refractivity contribution is -0.139. The Bertz CT molecular complexity index is 766. The summed E-state index contributed by atoms with van der Waals surface area (Å²) in [4.78, 5) is 31.7. The van der Waals surface area contributed by atoms with Crippen LogP contribution in [0.15, 0.2) is 41.9 Å². The summed E-state index contributed by atoms with van der Waals surface area (Å²) in [7, 11) is 0. The predicted molar refractivity (Wildman–Crippen MR) is 106 cm³/mol. The molecule has 3 rings (SSSR count). The first-order valence-corrected chi connectivity index (χ1v) is 10.2. The molecule has 1 aromatic carbocycles. The molecule has 0 spiro atoms. The Morgan fingerprint density at radius 1 is 1.41 bits per heavy atom. The number of piperazine rings is 1. The second-order valence-corrected chi connectivity index (χ2v) is 7.91. The van der Waals surface area contributed by atoms with E-state index in [0.29, 0.717) is 13.1 Å². The number of nitrogens with zero attached hydrogens (tertiary/aromatic N) is 2. The van der Waals surface area contributed by atoms with Gasteiger partial charge in [-0.15, -0.1) is 11.3 Å². The van der Waals surface area contributed by atoms with Gasteiger partial charge >= 0.3 is 0 Å². The highest BCUT2D eigenvalue weighted by Gasteiger charge is 2.42. The molecule has 0 radical (unpaired) electrons. The number of hydrogen-bond donors (Lipinski definition) is 2. The molecule has 144 valence electrons. The summed E-state index contributed by atoms with van der Waals surface area (Å²) in [6, 6.07) is 9.55. The summed E-state index contributed by atoms with van der Waals surface area (Å²) >= 11 is 1.52. The number of carbonyl (C=O) groups is 2. The molecular weight excluding hydrogens is 360 g/mol. The van der Waals surface area contributed by atoms with E-state index in [4.69, 9.17) is 0 Å². The standard InChI is InChI=1S/C20H26N4O2S/c1-3-9-20(2)19(26)22-10-12-24(20)14-16(25)23-17(18-21-11-13-27-18)15-7-5-4-6-8-15/h4-8,11,13,17H,3,9-10,12,14H2,1-2H3,(H,22,26)(H,23,25). The summed E-state index contributed by atoms with van der Waals surface area (Å²) in [5, 5.41) is 8.80. The van der Waals surface area contributed by atoms with Crippen LogP contribution in [-0.2, 0) is 9.59 Å². The average Bonchev–Trinajstić information content (AvgIpc) is 3.19. The molecule has 1 aliphatic heterocycles. The van der Waals surface area contributed by atoms with E-state index in [0.717, 1.165) is 23.4 Å². The van der Waals surface area contributed by atoms with Crippen molar-refractivity contribution in [2.75, 3.05) is 19.6 Å². The van der Waals surface area contributed by atoms with Gasteiger partial charge in [-0.1, -0.05) is 43.7 Å². The third-order valence-electron chi connectivity index (χ3n) is 5.06. The SMILES string of the molecule is CCCC1(C)C(=O)NCCN1CC(=O)NC(c1ccccc1)c1nccs1. The van der Waals surface area contributed by atoms with Crippen molar-refractivity contribution in [3.05, 3.63) is 52.5 Å². The first-order valence-electron chi connectivity index (χ1n) is 9.31. The van der Waals surface area contributed by atoms with Crippen molar-refractivity contribution in [2.45, 2.75) is 38.3 Å². The minimum atomic E-state index is -0.645. The van der Waals surface area contributed by atoms with Gasteiger partial charge in [0.2, 0.25) is 11.8 Å². The number of amides is 2. The zero-order chi connectivity index (χ0) is 19.3. The van der Waals surface area contributed by atoms with Crippen LogP contribution >= 0.6 is 11.3 Å². The maximum Gasteiger partial charge on any atom is 0.240 e. The number of nitrogens with one attached hydrogen (secondary N) is 2. The van der Waals surface area contributed by atoms with E-state index in [2.05, 4.69) is 22.5 Å². The fourth-order valence-corrected chi connectivity index (χ4v) is 4.30. The van der Waals surface area contributed by atoms with Crippen LogP contribution in [-0.4, -0.2) is 46.9 Å². The lowest BCUT2D eigenvalue weighted by atomic mass is 9.90. The van der Waals surface area contributed by atoms with E-state index in [1.54, 1.807) is 6.20 Å². The molecule has 7 heteroatoms. The van der Waals surface area contributed by atoms with Gasteiger partial charge in [0.25, 0.3) is 0 Å². The van der Waals surface area contributed by atoms with E-state index >= 15 is 0 Å². The van der Waals surface area contributed by atoms with E-state index in [1.165, 1.54) is 11.3 Å². The maximum atomic E-state index is 12.9. The Hall–Kier alpha value is -2.25. The van der Waals surface area contributed by atoms with Crippen LogP contribution in [0.5, 0.6) is 0 Å². The highest BCUT2D eigenvalue weighted by molar-refractivity contribution is 7.09. The fraction of sp³-hybridized carbons (Fsp3) is 0.450. The molecule has 27 heavy (non-hydrogen) atoms. The second-order valence-electron chi connectivity index (χ2n) is 6.98. The Balaban J connectivity index is 1.75. The summed E-state index contributed by atoms with van der Waals surface area (Å²) in [6.07, 6.45) is 3.35. The largest absolute Gasteiger partial charge is 0.353 e. The third-order valence-corrected chi connectivity index (χ3v) is 5.90. The molecule has 6 nitrogen and oxygen atoms in total. The van der Waals surface area contributed by atoms with Crippen LogP contribution in [0.4, 0.5) is 0 Å². The molecule has 0 bridgehead atoms. The van der Waals surface area contributed by atoms with Crippen molar-refractivity contribution < 1.29 is 9.59 Å². The van der Waals surface area contributed by atoms with Crippen molar-refractivity contribution in [2.24, 2.45) is 0 Å². The van der Waals surface area contributed by atoms with E-state index < -0.39 is 5.54 Å². The Kier molecular flexibility index (Phi) is 6.23. The summed E-state index contributed by atoms with van der Waals surface area (Å²) in [6.45, 7) is 5.41. The Labute approximate surface area is 164 Å². The zero-order valence-electron chi connectivity index (χ0n) is 15.8. The van der Waals surface area contributed by atoms with E-state index in [1.807, 2.05) is 47.5 Å². The summed E-state index contributed by atoms with van der Waals surface area (Å²) < 4.78 is 0. The van der Waals surface area contributed by atoms with Crippen molar-refractivity contribution >= 4 is 23.2 Å². The van der Waals surface area contributed by atoms with Crippen molar-refractivity contribution in [1.82, 2.24) is 20.5 Å². The highest BCUT2D eigenvalue weighted by atomic mass is 32.1. The molecule has 0 saturated carbocycles. The number of hydrogen-bond acceptors (Lipinski definition) is 5. The van der Waals surface area contributed by atoms with Crippen LogP contribution in [0.2, 0.25) is 0 Å². The van der Waals surface area contributed by atoms with Crippen molar-refractivity contribution in [3.63, 3.8) is 0 Å². The van der Waals surface area contributed by atoms with Gasteiger partial charge in [0.15, 0.2) is 0 Å². The zero-order valence-corrected chi connectivity index (χ0v) is 16.6. The number of carbonyl (C=O) groups excluding carboxylic acids is 2. The molecule has 1 saturated heterocycles. The van der Waals surface area contributed by atoms with Gasteiger partial charge in [0.05, 0.1) is 12.1 Å². The summed E-state index contributed by atoms with van der Waals surface area (Å²) in [5.41, 5.74) is 0.349. The molecule has 2 unspecified atom stereocenters. The van der Waals surface area contributed by atoms with Crippen molar-refractivity contribution in [3.8, 4) is 0 Å². The molecule has 2 amide bonds. The minimum Gasteiger partial charge on any atom is -0.353 e. The smallest absolute Gasteiger partial charge is 0.240 e. The molecule has 2 aromatic rings. The highest BCUT2D eigenvalue weighted by Crippen LogP contribution is 2.26. The van der Waals surface area contributed by atoms with Crippen LogP contribution in [0.1, 0.15) is 43.3 Å². The summed E-state index contributed by atoms with van der Waals surface area (Å²) in [5.74, 6) is -0.0981. The fourth-order valence-electron chi connectivity index (χ4n) is 3.59. The van der Waals surface area contributed by atoms with Gasteiger partial charge in [0, 0.05) is 24.7 Å². The lowest BCUT2D eigenvalue weighted by Crippen LogP contribution is -2.64. The van der Waals surface area contributed by atoms with Crippen molar-refractivity contribution in [1.29, 1.82) is 0 Å². The number of thiazole rings is 1. The first-order chi connectivity index (χ1) is 13.0. The third kappa shape index (κ3) is 4.36. The Morgan fingerprint density at radius 3 is 2.85 bits per heavy atom. The van der Waals surface area contributed by atoms with Crippen LogP contribution in [0.3, 0.4) is 0 Å². The molecule has 1 fully saturated rings. The Morgan fingerprint density at radius 2 is 2.19 bits per heavy atom.